The van der Waals surface area contributed by atoms with Crippen LogP contribution in [0.2, 0.25) is 0 Å². The number of hydrogen-bond acceptors (Lipinski definition) is 4. The van der Waals surface area contributed by atoms with E-state index in [1.165, 1.54) is 10.9 Å². The van der Waals surface area contributed by atoms with Crippen LogP contribution in [0.3, 0.4) is 0 Å². The fourth-order valence-corrected chi connectivity index (χ4v) is 2.46. The van der Waals surface area contributed by atoms with Crippen LogP contribution in [0.15, 0.2) is 12.3 Å². The number of nitrogens with one attached hydrogen (secondary N) is 1. The Morgan fingerprint density at radius 1 is 1.55 bits per heavy atom. The van der Waals surface area contributed by atoms with Crippen molar-refractivity contribution >= 4 is 11.9 Å². The van der Waals surface area contributed by atoms with E-state index in [0.717, 1.165) is 12.8 Å². The van der Waals surface area contributed by atoms with Crippen LogP contribution in [0.5, 0.6) is 0 Å². The molecular weight excluding hydrogens is 262 g/mol. The Morgan fingerprint density at radius 3 is 2.80 bits per heavy atom. The average molecular weight is 281 g/mol. The number of amides is 1. The van der Waals surface area contributed by atoms with Gasteiger partial charge in [-0.25, -0.2) is 0 Å². The predicted octanol–water partition coefficient (Wildman–Crippen LogP) is 0.277. The number of aliphatic carboxylic acids is 1. The van der Waals surface area contributed by atoms with Crippen LogP contribution in [0, 0.1) is 11.8 Å². The molecular formula is C13H19N3O4. The Balaban J connectivity index is 1.93. The molecule has 0 spiro atoms. The van der Waals surface area contributed by atoms with Crippen molar-refractivity contribution in [2.24, 2.45) is 18.9 Å². The van der Waals surface area contributed by atoms with Gasteiger partial charge in [0.15, 0.2) is 0 Å². The Hall–Kier alpha value is -1.89. The number of ether oxygens (including phenoxy) is 1. The Labute approximate surface area is 116 Å². The highest BCUT2D eigenvalue weighted by Crippen LogP contribution is 2.23. The first-order valence-electron chi connectivity index (χ1n) is 6.66. The summed E-state index contributed by atoms with van der Waals surface area (Å²) < 4.78 is 6.70. The zero-order chi connectivity index (χ0) is 14.5. The number of carboxylic acid groups (broad SMARTS) is 1. The van der Waals surface area contributed by atoms with Crippen molar-refractivity contribution in [1.29, 1.82) is 0 Å². The van der Waals surface area contributed by atoms with Crippen LogP contribution in [0.25, 0.3) is 0 Å². The molecule has 1 aliphatic heterocycles. The van der Waals surface area contributed by atoms with Gasteiger partial charge in [0, 0.05) is 33.0 Å². The number of hydrogen-bond donors (Lipinski definition) is 2. The number of nitrogens with zero attached hydrogens (tertiary/aromatic N) is 2. The largest absolute Gasteiger partial charge is 0.481 e. The molecule has 1 aromatic rings. The summed E-state index contributed by atoms with van der Waals surface area (Å²) in [5.74, 6) is -1.70. The molecule has 20 heavy (non-hydrogen) atoms. The number of aromatic nitrogens is 2. The molecule has 7 nitrogen and oxygen atoms in total. The summed E-state index contributed by atoms with van der Waals surface area (Å²) in [6, 6.07) is 1.60. The van der Waals surface area contributed by atoms with E-state index in [-0.39, 0.29) is 18.4 Å². The first-order chi connectivity index (χ1) is 9.59. The average Bonchev–Trinajstić information content (AvgIpc) is 2.86. The molecule has 110 valence electrons. The zero-order valence-corrected chi connectivity index (χ0v) is 11.4. The van der Waals surface area contributed by atoms with Gasteiger partial charge in [0.2, 0.25) is 0 Å². The molecule has 2 rings (SSSR count). The summed E-state index contributed by atoms with van der Waals surface area (Å²) in [7, 11) is 1.67. The first kappa shape index (κ1) is 14.5. The highest BCUT2D eigenvalue weighted by atomic mass is 16.5. The second-order valence-electron chi connectivity index (χ2n) is 4.94. The van der Waals surface area contributed by atoms with E-state index in [2.05, 4.69) is 10.4 Å². The van der Waals surface area contributed by atoms with Gasteiger partial charge in [0.25, 0.3) is 5.91 Å². The van der Waals surface area contributed by atoms with Crippen LogP contribution < -0.4 is 5.32 Å². The molecule has 2 N–H and O–H groups in total. The lowest BCUT2D eigenvalue weighted by Gasteiger charge is -2.27. The highest BCUT2D eigenvalue weighted by molar-refractivity contribution is 5.92. The summed E-state index contributed by atoms with van der Waals surface area (Å²) in [5, 5.41) is 15.9. The molecule has 0 aromatic carbocycles. The standard InChI is InChI=1S/C13H19N3O4/c1-16-11(2-5-15-16)12(17)14-8-10(13(18)19)9-3-6-20-7-4-9/h2,5,9-10H,3-4,6-8H2,1H3,(H,14,17)(H,18,19). The van der Waals surface area contributed by atoms with E-state index in [1.54, 1.807) is 13.1 Å². The van der Waals surface area contributed by atoms with Crippen LogP contribution in [-0.2, 0) is 16.6 Å². The monoisotopic (exact) mass is 281 g/mol. The van der Waals surface area contributed by atoms with Crippen LogP contribution in [0.4, 0.5) is 0 Å². The van der Waals surface area contributed by atoms with Gasteiger partial charge in [0.05, 0.1) is 5.92 Å². The van der Waals surface area contributed by atoms with Gasteiger partial charge >= 0.3 is 5.97 Å². The summed E-state index contributed by atoms with van der Waals surface area (Å²) in [4.78, 5) is 23.3. The van der Waals surface area contributed by atoms with Crippen LogP contribution in [-0.4, -0.2) is 46.5 Å². The topological polar surface area (TPSA) is 93.5 Å². The van der Waals surface area contributed by atoms with Crippen molar-refractivity contribution in [2.75, 3.05) is 19.8 Å². The van der Waals surface area contributed by atoms with Gasteiger partial charge in [-0.05, 0) is 24.8 Å². The molecule has 1 atom stereocenters. The zero-order valence-electron chi connectivity index (χ0n) is 11.4. The molecule has 0 aliphatic carbocycles. The van der Waals surface area contributed by atoms with Gasteiger partial charge in [-0.1, -0.05) is 0 Å². The van der Waals surface area contributed by atoms with Crippen molar-refractivity contribution in [3.63, 3.8) is 0 Å². The second kappa shape index (κ2) is 6.51. The molecule has 0 bridgehead atoms. The van der Waals surface area contributed by atoms with Gasteiger partial charge in [-0.15, -0.1) is 0 Å². The molecule has 1 aliphatic rings. The number of carbonyl (C=O) groups excluding carboxylic acids is 1. The van der Waals surface area contributed by atoms with Gasteiger partial charge < -0.3 is 15.2 Å². The Morgan fingerprint density at radius 2 is 2.25 bits per heavy atom. The van der Waals surface area contributed by atoms with E-state index < -0.39 is 11.9 Å². The van der Waals surface area contributed by atoms with Crippen LogP contribution in [0.1, 0.15) is 23.3 Å². The van der Waals surface area contributed by atoms with Crippen molar-refractivity contribution in [3.05, 3.63) is 18.0 Å². The summed E-state index contributed by atoms with van der Waals surface area (Å²) in [6.07, 6.45) is 2.97. The van der Waals surface area contributed by atoms with Gasteiger partial charge in [-0.3, -0.25) is 14.3 Å². The fraction of sp³-hybridized carbons (Fsp3) is 0.615. The van der Waals surface area contributed by atoms with E-state index >= 15 is 0 Å². The number of rotatable bonds is 5. The maximum atomic E-state index is 11.9. The molecule has 1 saturated heterocycles. The predicted molar refractivity (Wildman–Crippen MR) is 70.2 cm³/mol. The summed E-state index contributed by atoms with van der Waals surface area (Å²) in [5.41, 5.74) is 0.418. The Bertz CT molecular complexity index is 480. The maximum absolute atomic E-state index is 11.9. The summed E-state index contributed by atoms with van der Waals surface area (Å²) in [6.45, 7) is 1.30. The lowest BCUT2D eigenvalue weighted by atomic mass is 9.86. The molecule has 1 aromatic heterocycles. The smallest absolute Gasteiger partial charge is 0.308 e. The molecule has 0 radical (unpaired) electrons. The van der Waals surface area contributed by atoms with Crippen molar-refractivity contribution in [3.8, 4) is 0 Å². The van der Waals surface area contributed by atoms with E-state index in [9.17, 15) is 14.7 Å². The van der Waals surface area contributed by atoms with E-state index in [4.69, 9.17) is 4.74 Å². The van der Waals surface area contributed by atoms with Crippen molar-refractivity contribution in [1.82, 2.24) is 15.1 Å². The molecule has 7 heteroatoms. The lowest BCUT2D eigenvalue weighted by Crippen LogP contribution is -2.39. The molecule has 1 unspecified atom stereocenters. The second-order valence-corrected chi connectivity index (χ2v) is 4.94. The normalized spacial score (nSPS) is 17.6. The first-order valence-corrected chi connectivity index (χ1v) is 6.66. The highest BCUT2D eigenvalue weighted by Gasteiger charge is 2.30. The van der Waals surface area contributed by atoms with Crippen molar-refractivity contribution < 1.29 is 19.4 Å². The third-order valence-corrected chi connectivity index (χ3v) is 3.69. The lowest BCUT2D eigenvalue weighted by molar-refractivity contribution is -0.144. The number of carboxylic acids is 1. The molecule has 2 heterocycles. The number of carbonyl (C=O) groups is 2. The minimum absolute atomic E-state index is 0.0492. The molecule has 1 amide bonds. The van der Waals surface area contributed by atoms with Crippen molar-refractivity contribution in [2.45, 2.75) is 12.8 Å². The fourth-order valence-electron chi connectivity index (χ4n) is 2.46. The van der Waals surface area contributed by atoms with Gasteiger partial charge in [0.1, 0.15) is 5.69 Å². The SMILES string of the molecule is Cn1nccc1C(=O)NCC(C(=O)O)C1CCOCC1. The third-order valence-electron chi connectivity index (χ3n) is 3.69. The summed E-state index contributed by atoms with van der Waals surface area (Å²) >= 11 is 0. The minimum Gasteiger partial charge on any atom is -0.481 e. The minimum atomic E-state index is -0.873. The third kappa shape index (κ3) is 3.36. The van der Waals surface area contributed by atoms with E-state index in [0.29, 0.717) is 18.9 Å². The maximum Gasteiger partial charge on any atom is 0.308 e. The van der Waals surface area contributed by atoms with E-state index in [1.807, 2.05) is 0 Å². The molecule has 0 saturated carbocycles. The number of aryl methyl sites for hydroxylation is 1. The molecule has 1 fully saturated rings. The quantitative estimate of drug-likeness (QED) is 0.808. The Kier molecular flexibility index (Phi) is 4.73. The van der Waals surface area contributed by atoms with Gasteiger partial charge in [-0.2, -0.15) is 5.10 Å². The van der Waals surface area contributed by atoms with Crippen LogP contribution >= 0.6 is 0 Å².